The van der Waals surface area contributed by atoms with Gasteiger partial charge in [-0.1, -0.05) is 32.9 Å². The number of benzene rings is 1. The highest BCUT2D eigenvalue weighted by atomic mass is 16.5. The van der Waals surface area contributed by atoms with Gasteiger partial charge in [0.05, 0.1) is 7.11 Å². The van der Waals surface area contributed by atoms with Crippen molar-refractivity contribution in [3.63, 3.8) is 0 Å². The SMILES string of the molecule is COc1ccc(C(C)(C)C)cc1CNCCCCO. The molecule has 0 heterocycles. The topological polar surface area (TPSA) is 41.5 Å². The van der Waals surface area contributed by atoms with Crippen molar-refractivity contribution < 1.29 is 9.84 Å². The first kappa shape index (κ1) is 16.0. The van der Waals surface area contributed by atoms with E-state index in [9.17, 15) is 0 Å². The number of rotatable bonds is 7. The molecule has 1 aromatic carbocycles. The standard InChI is InChI=1S/C16H27NO2/c1-16(2,3)14-7-8-15(19-4)13(11-14)12-17-9-5-6-10-18/h7-8,11,17-18H,5-6,9-10,12H2,1-4H3. The van der Waals surface area contributed by atoms with Gasteiger partial charge in [-0.25, -0.2) is 0 Å². The zero-order valence-corrected chi connectivity index (χ0v) is 12.6. The molecule has 0 spiro atoms. The van der Waals surface area contributed by atoms with E-state index in [1.807, 2.05) is 6.07 Å². The Kier molecular flexibility index (Phi) is 6.32. The second kappa shape index (κ2) is 7.51. The lowest BCUT2D eigenvalue weighted by Gasteiger charge is -2.21. The highest BCUT2D eigenvalue weighted by Crippen LogP contribution is 2.27. The molecule has 0 aromatic heterocycles. The molecule has 108 valence electrons. The molecule has 0 aliphatic heterocycles. The average molecular weight is 265 g/mol. The highest BCUT2D eigenvalue weighted by Gasteiger charge is 2.15. The van der Waals surface area contributed by atoms with Gasteiger partial charge < -0.3 is 15.2 Å². The quantitative estimate of drug-likeness (QED) is 0.745. The molecule has 0 aliphatic carbocycles. The van der Waals surface area contributed by atoms with Crippen molar-refractivity contribution in [3.05, 3.63) is 29.3 Å². The summed E-state index contributed by atoms with van der Waals surface area (Å²) in [6.07, 6.45) is 1.85. The smallest absolute Gasteiger partial charge is 0.123 e. The zero-order chi connectivity index (χ0) is 14.3. The van der Waals surface area contributed by atoms with Gasteiger partial charge in [0, 0.05) is 18.7 Å². The molecule has 19 heavy (non-hydrogen) atoms. The summed E-state index contributed by atoms with van der Waals surface area (Å²) in [6.45, 7) is 8.64. The fourth-order valence-electron chi connectivity index (χ4n) is 1.97. The second-order valence-electron chi connectivity index (χ2n) is 5.88. The van der Waals surface area contributed by atoms with Crippen molar-refractivity contribution in [1.82, 2.24) is 5.32 Å². The third-order valence-electron chi connectivity index (χ3n) is 3.22. The van der Waals surface area contributed by atoms with E-state index in [0.29, 0.717) is 0 Å². The van der Waals surface area contributed by atoms with E-state index in [4.69, 9.17) is 9.84 Å². The van der Waals surface area contributed by atoms with E-state index in [1.54, 1.807) is 7.11 Å². The molecule has 0 amide bonds. The lowest BCUT2D eigenvalue weighted by molar-refractivity contribution is 0.283. The molecule has 3 heteroatoms. The first-order chi connectivity index (χ1) is 8.99. The molecule has 0 saturated carbocycles. The third kappa shape index (κ3) is 5.21. The van der Waals surface area contributed by atoms with Gasteiger partial charge in [-0.3, -0.25) is 0 Å². The van der Waals surface area contributed by atoms with Gasteiger partial charge in [-0.05, 0) is 36.4 Å². The zero-order valence-electron chi connectivity index (χ0n) is 12.6. The minimum Gasteiger partial charge on any atom is -0.496 e. The van der Waals surface area contributed by atoms with Crippen LogP contribution < -0.4 is 10.1 Å². The van der Waals surface area contributed by atoms with Crippen LogP contribution in [0, 0.1) is 0 Å². The van der Waals surface area contributed by atoms with E-state index < -0.39 is 0 Å². The van der Waals surface area contributed by atoms with Gasteiger partial charge in [0.15, 0.2) is 0 Å². The molecule has 0 saturated heterocycles. The second-order valence-corrected chi connectivity index (χ2v) is 5.88. The Bertz CT molecular complexity index is 383. The number of nitrogens with one attached hydrogen (secondary N) is 1. The van der Waals surface area contributed by atoms with Crippen molar-refractivity contribution >= 4 is 0 Å². The number of hydrogen-bond donors (Lipinski definition) is 2. The van der Waals surface area contributed by atoms with E-state index in [0.717, 1.165) is 31.7 Å². The largest absolute Gasteiger partial charge is 0.496 e. The van der Waals surface area contributed by atoms with Gasteiger partial charge in [-0.2, -0.15) is 0 Å². The molecule has 3 nitrogen and oxygen atoms in total. The van der Waals surface area contributed by atoms with Crippen LogP contribution in [0.1, 0.15) is 44.7 Å². The maximum Gasteiger partial charge on any atom is 0.123 e. The fourth-order valence-corrected chi connectivity index (χ4v) is 1.97. The molecule has 0 atom stereocenters. The van der Waals surface area contributed by atoms with Crippen molar-refractivity contribution in [1.29, 1.82) is 0 Å². The van der Waals surface area contributed by atoms with E-state index in [1.165, 1.54) is 11.1 Å². The molecule has 0 bridgehead atoms. The van der Waals surface area contributed by atoms with Crippen LogP contribution in [0.5, 0.6) is 5.75 Å². The van der Waals surface area contributed by atoms with Crippen molar-refractivity contribution in [2.75, 3.05) is 20.3 Å². The molecule has 1 aromatic rings. The first-order valence-electron chi connectivity index (χ1n) is 6.98. The predicted octanol–water partition coefficient (Wildman–Crippen LogP) is 2.85. The summed E-state index contributed by atoms with van der Waals surface area (Å²) in [5.74, 6) is 0.933. The number of methoxy groups -OCH3 is 1. The van der Waals surface area contributed by atoms with Crippen LogP contribution in [-0.4, -0.2) is 25.4 Å². The molecule has 0 radical (unpaired) electrons. The van der Waals surface area contributed by atoms with Crippen LogP contribution in [0.4, 0.5) is 0 Å². The molecule has 2 N–H and O–H groups in total. The van der Waals surface area contributed by atoms with E-state index in [-0.39, 0.29) is 12.0 Å². The van der Waals surface area contributed by atoms with E-state index in [2.05, 4.69) is 38.2 Å². The maximum atomic E-state index is 8.74. The van der Waals surface area contributed by atoms with Crippen LogP contribution >= 0.6 is 0 Å². The highest BCUT2D eigenvalue weighted by molar-refractivity contribution is 5.39. The molecule has 1 rings (SSSR count). The number of unbranched alkanes of at least 4 members (excludes halogenated alkanes) is 1. The number of hydrogen-bond acceptors (Lipinski definition) is 3. The van der Waals surface area contributed by atoms with Gasteiger partial charge >= 0.3 is 0 Å². The first-order valence-corrected chi connectivity index (χ1v) is 6.98. The Hall–Kier alpha value is -1.06. The van der Waals surface area contributed by atoms with Crippen molar-refractivity contribution in [3.8, 4) is 5.75 Å². The van der Waals surface area contributed by atoms with Crippen molar-refractivity contribution in [2.24, 2.45) is 0 Å². The monoisotopic (exact) mass is 265 g/mol. The van der Waals surface area contributed by atoms with Crippen LogP contribution in [0.25, 0.3) is 0 Å². The van der Waals surface area contributed by atoms with Gasteiger partial charge in [0.25, 0.3) is 0 Å². The maximum absolute atomic E-state index is 8.74. The number of aliphatic hydroxyl groups excluding tert-OH is 1. The normalized spacial score (nSPS) is 11.6. The third-order valence-corrected chi connectivity index (χ3v) is 3.22. The molecule has 0 fully saturated rings. The molecule has 0 aliphatic rings. The molecular weight excluding hydrogens is 238 g/mol. The lowest BCUT2D eigenvalue weighted by atomic mass is 9.86. The van der Waals surface area contributed by atoms with Gasteiger partial charge in [-0.15, -0.1) is 0 Å². The predicted molar refractivity (Wildman–Crippen MR) is 79.7 cm³/mol. The summed E-state index contributed by atoms with van der Waals surface area (Å²) < 4.78 is 5.41. The molecular formula is C16H27NO2. The Morgan fingerprint density at radius 1 is 1.21 bits per heavy atom. The van der Waals surface area contributed by atoms with Gasteiger partial charge in [0.2, 0.25) is 0 Å². The minimum absolute atomic E-state index is 0.151. The van der Waals surface area contributed by atoms with Crippen LogP contribution in [0.2, 0.25) is 0 Å². The van der Waals surface area contributed by atoms with Crippen molar-refractivity contribution in [2.45, 2.75) is 45.6 Å². The van der Waals surface area contributed by atoms with Crippen LogP contribution in [0.15, 0.2) is 18.2 Å². The Balaban J connectivity index is 2.68. The summed E-state index contributed by atoms with van der Waals surface area (Å²) in [5, 5.41) is 12.1. The summed E-state index contributed by atoms with van der Waals surface area (Å²) in [5.41, 5.74) is 2.66. The van der Waals surface area contributed by atoms with Gasteiger partial charge in [0.1, 0.15) is 5.75 Å². The average Bonchev–Trinajstić information content (AvgIpc) is 2.37. The summed E-state index contributed by atoms with van der Waals surface area (Å²) in [4.78, 5) is 0. The molecule has 0 unspecified atom stereocenters. The Morgan fingerprint density at radius 2 is 1.95 bits per heavy atom. The lowest BCUT2D eigenvalue weighted by Crippen LogP contribution is -2.17. The summed E-state index contributed by atoms with van der Waals surface area (Å²) in [7, 11) is 1.71. The number of aliphatic hydroxyl groups is 1. The van der Waals surface area contributed by atoms with Crippen LogP contribution in [-0.2, 0) is 12.0 Å². The Morgan fingerprint density at radius 3 is 2.53 bits per heavy atom. The van der Waals surface area contributed by atoms with Crippen LogP contribution in [0.3, 0.4) is 0 Å². The minimum atomic E-state index is 0.151. The summed E-state index contributed by atoms with van der Waals surface area (Å²) >= 11 is 0. The van der Waals surface area contributed by atoms with E-state index >= 15 is 0 Å². The number of ether oxygens (including phenoxy) is 1. The Labute approximate surface area is 117 Å². The fraction of sp³-hybridized carbons (Fsp3) is 0.625. The summed E-state index contributed by atoms with van der Waals surface area (Å²) in [6, 6.07) is 6.40.